The molecule has 3 heteroatoms. The third kappa shape index (κ3) is 2.09. The number of hydrogen-bond donors (Lipinski definition) is 1. The van der Waals surface area contributed by atoms with Crippen molar-refractivity contribution in [1.29, 1.82) is 0 Å². The Morgan fingerprint density at radius 1 is 1.00 bits per heavy atom. The molecular weight excluding hydrogens is 221 g/mol. The van der Waals surface area contributed by atoms with Crippen molar-refractivity contribution in [2.45, 2.75) is 0 Å². The van der Waals surface area contributed by atoms with E-state index in [9.17, 15) is 4.39 Å². The Morgan fingerprint density at radius 2 is 1.62 bits per heavy atom. The highest BCUT2D eigenvalue weighted by Gasteiger charge is 2.03. The van der Waals surface area contributed by atoms with Gasteiger partial charge in [-0.3, -0.25) is 0 Å². The van der Waals surface area contributed by atoms with Crippen LogP contribution in [0.3, 0.4) is 0 Å². The molecule has 0 fully saturated rings. The van der Waals surface area contributed by atoms with Crippen LogP contribution in [0.4, 0.5) is 4.39 Å². The van der Waals surface area contributed by atoms with E-state index in [-0.39, 0.29) is 5.82 Å². The van der Waals surface area contributed by atoms with Crippen LogP contribution >= 0.6 is 12.2 Å². The van der Waals surface area contributed by atoms with Crippen LogP contribution in [-0.2, 0) is 0 Å². The maximum atomic E-state index is 13.5. The molecule has 0 saturated carbocycles. The number of thiocarbonyl (C=S) groups is 1. The molecule has 0 heterocycles. The third-order valence-electron chi connectivity index (χ3n) is 2.35. The summed E-state index contributed by atoms with van der Waals surface area (Å²) in [7, 11) is 0. The summed E-state index contributed by atoms with van der Waals surface area (Å²) in [6.07, 6.45) is 0. The molecule has 80 valence electrons. The lowest BCUT2D eigenvalue weighted by Crippen LogP contribution is -2.08. The molecule has 0 unspecified atom stereocenters. The van der Waals surface area contributed by atoms with Gasteiger partial charge in [0.2, 0.25) is 0 Å². The quantitative estimate of drug-likeness (QED) is 0.804. The Kier molecular flexibility index (Phi) is 2.97. The Labute approximate surface area is 98.7 Å². The van der Waals surface area contributed by atoms with Gasteiger partial charge in [-0.25, -0.2) is 4.39 Å². The molecule has 0 amide bonds. The maximum absolute atomic E-state index is 13.5. The average molecular weight is 231 g/mol. The molecule has 1 nitrogen and oxygen atoms in total. The van der Waals surface area contributed by atoms with Crippen LogP contribution in [0, 0.1) is 5.82 Å². The lowest BCUT2D eigenvalue weighted by atomic mass is 10.0. The molecule has 0 aliphatic rings. The van der Waals surface area contributed by atoms with Gasteiger partial charge < -0.3 is 5.73 Å². The van der Waals surface area contributed by atoms with E-state index >= 15 is 0 Å². The predicted octanol–water partition coefficient (Wildman–Crippen LogP) is 3.13. The molecule has 0 bridgehead atoms. The van der Waals surface area contributed by atoms with Crippen molar-refractivity contribution in [2.75, 3.05) is 0 Å². The molecule has 16 heavy (non-hydrogen) atoms. The van der Waals surface area contributed by atoms with Gasteiger partial charge in [-0.05, 0) is 11.6 Å². The Balaban J connectivity index is 2.43. The molecule has 2 rings (SSSR count). The van der Waals surface area contributed by atoms with E-state index in [0.29, 0.717) is 10.6 Å². The summed E-state index contributed by atoms with van der Waals surface area (Å²) in [5, 5.41) is 0. The summed E-state index contributed by atoms with van der Waals surface area (Å²) >= 11 is 4.85. The standard InChI is InChI=1S/C13H10FNS/c14-12-4-2-1-3-11(12)9-5-7-10(8-6-9)13(15)16/h1-8H,(H2,15,16). The van der Waals surface area contributed by atoms with Gasteiger partial charge in [0, 0.05) is 11.1 Å². The van der Waals surface area contributed by atoms with Crippen LogP contribution in [0.1, 0.15) is 5.56 Å². The second-order valence-electron chi connectivity index (χ2n) is 3.42. The minimum Gasteiger partial charge on any atom is -0.389 e. The van der Waals surface area contributed by atoms with E-state index in [1.165, 1.54) is 6.07 Å². The fraction of sp³-hybridized carbons (Fsp3) is 0. The van der Waals surface area contributed by atoms with Gasteiger partial charge in [0.05, 0.1) is 0 Å². The summed E-state index contributed by atoms with van der Waals surface area (Å²) in [6.45, 7) is 0. The van der Waals surface area contributed by atoms with Crippen molar-refractivity contribution < 1.29 is 4.39 Å². The topological polar surface area (TPSA) is 26.0 Å². The lowest BCUT2D eigenvalue weighted by molar-refractivity contribution is 0.631. The molecule has 0 aliphatic carbocycles. The van der Waals surface area contributed by atoms with Crippen molar-refractivity contribution in [1.82, 2.24) is 0 Å². The van der Waals surface area contributed by atoms with Crippen LogP contribution in [0.5, 0.6) is 0 Å². The van der Waals surface area contributed by atoms with Crippen LogP contribution in [0.15, 0.2) is 48.5 Å². The molecule has 0 aliphatic heterocycles. The van der Waals surface area contributed by atoms with E-state index in [4.69, 9.17) is 18.0 Å². The molecule has 0 saturated heterocycles. The number of halogens is 1. The second kappa shape index (κ2) is 4.41. The summed E-state index contributed by atoms with van der Waals surface area (Å²) in [4.78, 5) is 0.347. The molecule has 2 aromatic rings. The van der Waals surface area contributed by atoms with Crippen molar-refractivity contribution in [2.24, 2.45) is 5.73 Å². The summed E-state index contributed by atoms with van der Waals surface area (Å²) < 4.78 is 13.5. The SMILES string of the molecule is NC(=S)c1ccc(-c2ccccc2F)cc1. The van der Waals surface area contributed by atoms with Gasteiger partial charge in [-0.15, -0.1) is 0 Å². The van der Waals surface area contributed by atoms with Crippen molar-refractivity contribution in [3.05, 3.63) is 59.9 Å². The van der Waals surface area contributed by atoms with Gasteiger partial charge in [0.15, 0.2) is 0 Å². The summed E-state index contributed by atoms with van der Waals surface area (Å²) in [5.41, 5.74) is 7.68. The highest BCUT2D eigenvalue weighted by molar-refractivity contribution is 7.80. The largest absolute Gasteiger partial charge is 0.389 e. The second-order valence-corrected chi connectivity index (χ2v) is 3.86. The van der Waals surface area contributed by atoms with Crippen LogP contribution in [0.2, 0.25) is 0 Å². The monoisotopic (exact) mass is 231 g/mol. The van der Waals surface area contributed by atoms with E-state index in [1.807, 2.05) is 12.1 Å². The minimum absolute atomic E-state index is 0.231. The van der Waals surface area contributed by atoms with Gasteiger partial charge >= 0.3 is 0 Å². The average Bonchev–Trinajstić information content (AvgIpc) is 2.30. The van der Waals surface area contributed by atoms with Crippen molar-refractivity contribution >= 4 is 17.2 Å². The fourth-order valence-electron chi connectivity index (χ4n) is 1.51. The molecule has 0 radical (unpaired) electrons. The van der Waals surface area contributed by atoms with Gasteiger partial charge in [-0.2, -0.15) is 0 Å². The zero-order valence-corrected chi connectivity index (χ0v) is 9.30. The van der Waals surface area contributed by atoms with E-state index in [1.54, 1.807) is 30.3 Å². The predicted molar refractivity (Wildman–Crippen MR) is 67.7 cm³/mol. The smallest absolute Gasteiger partial charge is 0.131 e. The minimum atomic E-state index is -0.231. The Bertz CT molecular complexity index is 520. The Morgan fingerprint density at radius 3 is 2.19 bits per heavy atom. The number of hydrogen-bond acceptors (Lipinski definition) is 1. The van der Waals surface area contributed by atoms with Gasteiger partial charge in [0.25, 0.3) is 0 Å². The van der Waals surface area contributed by atoms with Crippen LogP contribution in [-0.4, -0.2) is 4.99 Å². The van der Waals surface area contributed by atoms with Crippen LogP contribution in [0.25, 0.3) is 11.1 Å². The molecule has 0 spiro atoms. The van der Waals surface area contributed by atoms with Gasteiger partial charge in [-0.1, -0.05) is 54.7 Å². The normalized spacial score (nSPS) is 10.1. The number of benzene rings is 2. The van der Waals surface area contributed by atoms with Gasteiger partial charge in [0.1, 0.15) is 10.8 Å². The first-order valence-corrected chi connectivity index (χ1v) is 5.24. The van der Waals surface area contributed by atoms with E-state index in [2.05, 4.69) is 0 Å². The Hall–Kier alpha value is -1.74. The van der Waals surface area contributed by atoms with E-state index in [0.717, 1.165) is 11.1 Å². The molecule has 0 atom stereocenters. The van der Waals surface area contributed by atoms with Crippen molar-refractivity contribution in [3.63, 3.8) is 0 Å². The van der Waals surface area contributed by atoms with E-state index < -0.39 is 0 Å². The zero-order valence-electron chi connectivity index (χ0n) is 8.48. The molecule has 0 aromatic heterocycles. The number of rotatable bonds is 2. The molecule has 2 N–H and O–H groups in total. The summed E-state index contributed by atoms with van der Waals surface area (Å²) in [5.74, 6) is -0.231. The molecular formula is C13H10FNS. The van der Waals surface area contributed by atoms with Crippen LogP contribution < -0.4 is 5.73 Å². The fourth-order valence-corrected chi connectivity index (χ4v) is 1.65. The third-order valence-corrected chi connectivity index (χ3v) is 2.59. The highest BCUT2D eigenvalue weighted by Crippen LogP contribution is 2.22. The maximum Gasteiger partial charge on any atom is 0.131 e. The first kappa shape index (κ1) is 10.8. The summed E-state index contributed by atoms with van der Waals surface area (Å²) in [6, 6.07) is 13.9. The highest BCUT2D eigenvalue weighted by atomic mass is 32.1. The zero-order chi connectivity index (χ0) is 11.5. The first-order chi connectivity index (χ1) is 7.68. The number of nitrogens with two attached hydrogens (primary N) is 1. The molecule has 2 aromatic carbocycles. The lowest BCUT2D eigenvalue weighted by Gasteiger charge is -2.04. The van der Waals surface area contributed by atoms with Crippen molar-refractivity contribution in [3.8, 4) is 11.1 Å². The first-order valence-electron chi connectivity index (χ1n) is 4.83.